The number of aromatic nitrogens is 5. The Hall–Kier alpha value is -3.02. The predicted molar refractivity (Wildman–Crippen MR) is 81.0 cm³/mol. The van der Waals surface area contributed by atoms with Crippen molar-refractivity contribution < 1.29 is 4.52 Å². The van der Waals surface area contributed by atoms with E-state index in [1.54, 1.807) is 12.4 Å². The lowest BCUT2D eigenvalue weighted by Crippen LogP contribution is -2.01. The first-order valence-corrected chi connectivity index (χ1v) is 7.03. The summed E-state index contributed by atoms with van der Waals surface area (Å²) in [5.74, 6) is 1.18. The van der Waals surface area contributed by atoms with Crippen molar-refractivity contribution >= 4 is 11.0 Å². The van der Waals surface area contributed by atoms with E-state index in [9.17, 15) is 0 Å². The summed E-state index contributed by atoms with van der Waals surface area (Å²) in [6, 6.07) is 11.8. The third kappa shape index (κ3) is 2.35. The van der Waals surface area contributed by atoms with E-state index in [1.165, 1.54) is 0 Å². The maximum absolute atomic E-state index is 5.28. The van der Waals surface area contributed by atoms with Gasteiger partial charge in [0.05, 0.1) is 22.9 Å². The third-order valence-corrected chi connectivity index (χ3v) is 3.48. The van der Waals surface area contributed by atoms with Crippen LogP contribution in [0.4, 0.5) is 0 Å². The van der Waals surface area contributed by atoms with Gasteiger partial charge in [0.2, 0.25) is 0 Å². The second-order valence-corrected chi connectivity index (χ2v) is 4.93. The van der Waals surface area contributed by atoms with Crippen molar-refractivity contribution in [2.24, 2.45) is 0 Å². The van der Waals surface area contributed by atoms with Gasteiger partial charge in [0.15, 0.2) is 5.82 Å². The van der Waals surface area contributed by atoms with Crippen molar-refractivity contribution in [3.63, 3.8) is 0 Å². The zero-order chi connectivity index (χ0) is 14.8. The monoisotopic (exact) mass is 291 g/mol. The number of rotatable bonds is 4. The highest BCUT2D eigenvalue weighted by Crippen LogP contribution is 2.16. The molecule has 4 rings (SSSR count). The van der Waals surface area contributed by atoms with Gasteiger partial charge in [-0.3, -0.25) is 4.98 Å². The number of fused-ring (bicyclic) bond motifs is 1. The molecule has 3 heterocycles. The molecule has 0 spiro atoms. The highest BCUT2D eigenvalue weighted by Gasteiger charge is 2.09. The Balaban J connectivity index is 1.52. The standard InChI is InChI=1S/C16H13N5O/c1-2-6-14-13(5-1)18-11-21(14)9-7-15-19-16(22-20-15)12-4-3-8-17-10-12/h1-6,8,10-11H,7,9H2. The molecule has 0 fully saturated rings. The van der Waals surface area contributed by atoms with Gasteiger partial charge < -0.3 is 9.09 Å². The van der Waals surface area contributed by atoms with E-state index in [-0.39, 0.29) is 0 Å². The van der Waals surface area contributed by atoms with Gasteiger partial charge in [-0.25, -0.2) is 4.98 Å². The average Bonchev–Trinajstić information content (AvgIpc) is 3.21. The number of para-hydroxylation sites is 2. The highest BCUT2D eigenvalue weighted by atomic mass is 16.5. The smallest absolute Gasteiger partial charge is 0.259 e. The minimum atomic E-state index is 0.499. The van der Waals surface area contributed by atoms with Crippen LogP contribution in [0.2, 0.25) is 0 Å². The number of hydrogen-bond donors (Lipinski definition) is 0. The first kappa shape index (κ1) is 12.7. The molecule has 4 aromatic rings. The number of imidazole rings is 1. The summed E-state index contributed by atoms with van der Waals surface area (Å²) in [7, 11) is 0. The number of hydrogen-bond acceptors (Lipinski definition) is 5. The fraction of sp³-hybridized carbons (Fsp3) is 0.125. The molecule has 0 saturated carbocycles. The largest absolute Gasteiger partial charge is 0.334 e. The van der Waals surface area contributed by atoms with Crippen LogP contribution in [-0.4, -0.2) is 24.7 Å². The lowest BCUT2D eigenvalue weighted by molar-refractivity contribution is 0.420. The van der Waals surface area contributed by atoms with Gasteiger partial charge in [0.25, 0.3) is 5.89 Å². The van der Waals surface area contributed by atoms with E-state index in [4.69, 9.17) is 4.52 Å². The Morgan fingerprint density at radius 2 is 2.05 bits per heavy atom. The summed E-state index contributed by atoms with van der Waals surface area (Å²) >= 11 is 0. The molecule has 3 aromatic heterocycles. The van der Waals surface area contributed by atoms with Crippen LogP contribution < -0.4 is 0 Å². The Morgan fingerprint density at radius 3 is 2.95 bits per heavy atom. The molecule has 0 aliphatic carbocycles. The molecule has 0 radical (unpaired) electrons. The Bertz CT molecular complexity index is 897. The molecule has 0 atom stereocenters. The van der Waals surface area contributed by atoms with Gasteiger partial charge in [-0.15, -0.1) is 0 Å². The summed E-state index contributed by atoms with van der Waals surface area (Å²) in [6.07, 6.45) is 5.95. The molecular weight excluding hydrogens is 278 g/mol. The Kier molecular flexibility index (Phi) is 3.12. The maximum atomic E-state index is 5.28. The average molecular weight is 291 g/mol. The van der Waals surface area contributed by atoms with Crippen LogP contribution in [0, 0.1) is 0 Å². The number of pyridine rings is 1. The first-order chi connectivity index (χ1) is 10.9. The molecule has 0 bridgehead atoms. The second kappa shape index (κ2) is 5.40. The van der Waals surface area contributed by atoms with Gasteiger partial charge in [-0.1, -0.05) is 17.3 Å². The second-order valence-electron chi connectivity index (χ2n) is 4.93. The molecule has 0 saturated heterocycles. The SMILES string of the molecule is c1cncc(-c2nc(CCn3cnc4ccccc43)no2)c1. The van der Waals surface area contributed by atoms with Crippen LogP contribution >= 0.6 is 0 Å². The molecule has 0 aliphatic heterocycles. The van der Waals surface area contributed by atoms with Crippen molar-refractivity contribution in [3.05, 3.63) is 60.9 Å². The topological polar surface area (TPSA) is 69.6 Å². The van der Waals surface area contributed by atoms with Gasteiger partial charge in [-0.2, -0.15) is 4.98 Å². The normalized spacial score (nSPS) is 11.1. The van der Waals surface area contributed by atoms with E-state index >= 15 is 0 Å². The fourth-order valence-electron chi connectivity index (χ4n) is 2.37. The summed E-state index contributed by atoms with van der Waals surface area (Å²) in [5, 5.41) is 4.02. The molecule has 6 heteroatoms. The molecule has 22 heavy (non-hydrogen) atoms. The molecule has 108 valence electrons. The summed E-state index contributed by atoms with van der Waals surface area (Å²) in [6.45, 7) is 0.756. The highest BCUT2D eigenvalue weighted by molar-refractivity contribution is 5.74. The third-order valence-electron chi connectivity index (χ3n) is 3.48. The minimum absolute atomic E-state index is 0.499. The van der Waals surface area contributed by atoms with Crippen molar-refractivity contribution in [2.75, 3.05) is 0 Å². The maximum Gasteiger partial charge on any atom is 0.259 e. The zero-order valence-corrected chi connectivity index (χ0v) is 11.8. The molecule has 6 nitrogen and oxygen atoms in total. The van der Waals surface area contributed by atoms with E-state index < -0.39 is 0 Å². The van der Waals surface area contributed by atoms with Crippen LogP contribution in [-0.2, 0) is 13.0 Å². The number of nitrogens with zero attached hydrogens (tertiary/aromatic N) is 5. The van der Waals surface area contributed by atoms with E-state index in [2.05, 4.69) is 30.7 Å². The predicted octanol–water partition coefficient (Wildman–Crippen LogP) is 2.72. The van der Waals surface area contributed by atoms with Crippen molar-refractivity contribution in [3.8, 4) is 11.5 Å². The van der Waals surface area contributed by atoms with E-state index in [1.807, 2.05) is 36.7 Å². The van der Waals surface area contributed by atoms with Crippen LogP contribution in [0.3, 0.4) is 0 Å². The Morgan fingerprint density at radius 1 is 1.09 bits per heavy atom. The molecular formula is C16H13N5O. The number of benzene rings is 1. The lowest BCUT2D eigenvalue weighted by atomic mass is 10.3. The first-order valence-electron chi connectivity index (χ1n) is 7.03. The van der Waals surface area contributed by atoms with Gasteiger partial charge in [-0.05, 0) is 24.3 Å². The lowest BCUT2D eigenvalue weighted by Gasteiger charge is -2.00. The zero-order valence-electron chi connectivity index (χ0n) is 11.8. The van der Waals surface area contributed by atoms with Crippen molar-refractivity contribution in [2.45, 2.75) is 13.0 Å². The van der Waals surface area contributed by atoms with Gasteiger partial charge in [0.1, 0.15) is 0 Å². The van der Waals surface area contributed by atoms with Crippen LogP contribution in [0.1, 0.15) is 5.82 Å². The van der Waals surface area contributed by atoms with Crippen LogP contribution in [0.25, 0.3) is 22.5 Å². The summed E-state index contributed by atoms with van der Waals surface area (Å²) < 4.78 is 7.37. The summed E-state index contributed by atoms with van der Waals surface area (Å²) in [4.78, 5) is 12.8. The van der Waals surface area contributed by atoms with Gasteiger partial charge in [0, 0.05) is 25.4 Å². The van der Waals surface area contributed by atoms with Crippen molar-refractivity contribution in [1.29, 1.82) is 0 Å². The molecule has 0 unspecified atom stereocenters. The van der Waals surface area contributed by atoms with E-state index in [0.717, 1.165) is 23.1 Å². The minimum Gasteiger partial charge on any atom is -0.334 e. The molecule has 0 N–H and O–H groups in total. The van der Waals surface area contributed by atoms with Gasteiger partial charge >= 0.3 is 0 Å². The van der Waals surface area contributed by atoms with Crippen LogP contribution in [0.5, 0.6) is 0 Å². The van der Waals surface area contributed by atoms with Crippen molar-refractivity contribution in [1.82, 2.24) is 24.7 Å². The van der Waals surface area contributed by atoms with Crippen LogP contribution in [0.15, 0.2) is 59.6 Å². The molecule has 1 aromatic carbocycles. The fourth-order valence-corrected chi connectivity index (χ4v) is 2.37. The number of aryl methyl sites for hydroxylation is 2. The Labute approximate surface area is 126 Å². The quantitative estimate of drug-likeness (QED) is 0.578. The molecule has 0 aliphatic rings. The molecule has 0 amide bonds. The summed E-state index contributed by atoms with van der Waals surface area (Å²) in [5.41, 5.74) is 2.93. The van der Waals surface area contributed by atoms with E-state index in [0.29, 0.717) is 18.1 Å².